The second-order valence-electron chi connectivity index (χ2n) is 3.37. The molecule has 0 bridgehead atoms. The number of sulfonamides is 1. The third-order valence-electron chi connectivity index (χ3n) is 2.32. The van der Waals surface area contributed by atoms with Crippen LogP contribution in [-0.4, -0.2) is 58.2 Å². The summed E-state index contributed by atoms with van der Waals surface area (Å²) in [6.07, 6.45) is 0.396. The number of aliphatic hydroxyl groups is 2. The Kier molecular flexibility index (Phi) is 2.51. The molecule has 0 spiro atoms. The number of nitrogens with zero attached hydrogens (tertiary/aromatic N) is 2. The lowest BCUT2D eigenvalue weighted by atomic mass is 10.3. The second kappa shape index (κ2) is 3.56. The fourth-order valence-electron chi connectivity index (χ4n) is 1.45. The van der Waals surface area contributed by atoms with Gasteiger partial charge in [0.2, 0.25) is 0 Å². The molecule has 0 saturated carbocycles. The molecule has 1 aliphatic heterocycles. The molecule has 1 aromatic rings. The number of nitrogens with one attached hydrogen (secondary N) is 1. The minimum Gasteiger partial charge on any atom is -0.389 e. The third kappa shape index (κ3) is 1.76. The Hall–Kier alpha value is -0.960. The molecule has 1 aliphatic rings. The van der Waals surface area contributed by atoms with E-state index < -0.39 is 22.2 Å². The summed E-state index contributed by atoms with van der Waals surface area (Å²) in [4.78, 5) is 6.09. The number of H-pyrrole nitrogens is 1. The summed E-state index contributed by atoms with van der Waals surface area (Å²) in [6.45, 7) is -0.189. The van der Waals surface area contributed by atoms with Gasteiger partial charge in [0, 0.05) is 13.1 Å². The van der Waals surface area contributed by atoms with Gasteiger partial charge in [-0.3, -0.25) is 0 Å². The first-order valence-corrected chi connectivity index (χ1v) is 5.80. The number of hydrogen-bond acceptors (Lipinski definition) is 5. The molecule has 1 aromatic heterocycles. The van der Waals surface area contributed by atoms with Gasteiger partial charge in [-0.1, -0.05) is 0 Å². The Balaban J connectivity index is 2.25. The normalized spacial score (nSPS) is 28.4. The number of aromatic amines is 1. The van der Waals surface area contributed by atoms with Crippen molar-refractivity contribution in [1.29, 1.82) is 0 Å². The Morgan fingerprint density at radius 3 is 2.47 bits per heavy atom. The van der Waals surface area contributed by atoms with Crippen LogP contribution >= 0.6 is 0 Å². The second-order valence-corrected chi connectivity index (χ2v) is 5.28. The number of hydrogen-bond donors (Lipinski definition) is 3. The van der Waals surface area contributed by atoms with Gasteiger partial charge in [-0.25, -0.2) is 13.4 Å². The van der Waals surface area contributed by atoms with Crippen molar-refractivity contribution in [2.45, 2.75) is 17.2 Å². The van der Waals surface area contributed by atoms with E-state index in [1.54, 1.807) is 0 Å². The van der Waals surface area contributed by atoms with Crippen LogP contribution in [0.15, 0.2) is 17.6 Å². The van der Waals surface area contributed by atoms with E-state index in [0.717, 1.165) is 4.31 Å². The maximum absolute atomic E-state index is 11.8. The molecule has 1 saturated heterocycles. The van der Waals surface area contributed by atoms with E-state index in [2.05, 4.69) is 9.97 Å². The monoisotopic (exact) mass is 233 g/mol. The van der Waals surface area contributed by atoms with Crippen LogP contribution in [0.5, 0.6) is 0 Å². The molecule has 0 amide bonds. The summed E-state index contributed by atoms with van der Waals surface area (Å²) in [5, 5.41) is 18.5. The average Bonchev–Trinajstić information content (AvgIpc) is 2.77. The Morgan fingerprint density at radius 1 is 1.40 bits per heavy atom. The average molecular weight is 233 g/mol. The van der Waals surface area contributed by atoms with Crippen LogP contribution in [0.25, 0.3) is 0 Å². The molecular formula is C7H11N3O4S. The molecule has 2 heterocycles. The maximum Gasteiger partial charge on any atom is 0.260 e. The van der Waals surface area contributed by atoms with Crippen molar-refractivity contribution in [2.75, 3.05) is 13.1 Å². The van der Waals surface area contributed by atoms with Gasteiger partial charge in [-0.2, -0.15) is 4.31 Å². The van der Waals surface area contributed by atoms with E-state index in [9.17, 15) is 18.6 Å². The van der Waals surface area contributed by atoms with Crippen LogP contribution in [0.3, 0.4) is 0 Å². The minimum atomic E-state index is -3.67. The molecule has 2 unspecified atom stereocenters. The topological polar surface area (TPSA) is 107 Å². The number of aromatic nitrogens is 2. The molecule has 0 aromatic carbocycles. The highest BCUT2D eigenvalue weighted by atomic mass is 32.2. The molecule has 2 atom stereocenters. The lowest BCUT2D eigenvalue weighted by Crippen LogP contribution is -2.30. The Bertz CT molecular complexity index is 419. The first-order chi connectivity index (χ1) is 7.01. The van der Waals surface area contributed by atoms with Crippen LogP contribution in [-0.2, 0) is 10.0 Å². The summed E-state index contributed by atoms with van der Waals surface area (Å²) in [7, 11) is -3.67. The molecule has 0 aliphatic carbocycles. The zero-order valence-electron chi connectivity index (χ0n) is 7.74. The molecule has 84 valence electrons. The van der Waals surface area contributed by atoms with E-state index in [1.165, 1.54) is 12.5 Å². The maximum atomic E-state index is 11.8. The molecule has 2 rings (SSSR count). The predicted molar refractivity (Wildman–Crippen MR) is 49.4 cm³/mol. The van der Waals surface area contributed by atoms with Crippen molar-refractivity contribution in [3.05, 3.63) is 12.5 Å². The predicted octanol–water partition coefficient (Wildman–Crippen LogP) is -1.86. The third-order valence-corrected chi connectivity index (χ3v) is 4.07. The zero-order valence-corrected chi connectivity index (χ0v) is 8.55. The van der Waals surface area contributed by atoms with E-state index in [1.807, 2.05) is 0 Å². The zero-order chi connectivity index (χ0) is 11.1. The first kappa shape index (κ1) is 10.6. The highest BCUT2D eigenvalue weighted by molar-refractivity contribution is 7.89. The van der Waals surface area contributed by atoms with Crippen molar-refractivity contribution in [3.8, 4) is 0 Å². The van der Waals surface area contributed by atoms with E-state index >= 15 is 0 Å². The van der Waals surface area contributed by atoms with Crippen molar-refractivity contribution in [3.63, 3.8) is 0 Å². The van der Waals surface area contributed by atoms with Gasteiger partial charge >= 0.3 is 0 Å². The summed E-state index contributed by atoms with van der Waals surface area (Å²) < 4.78 is 24.7. The summed E-state index contributed by atoms with van der Waals surface area (Å²) >= 11 is 0. The van der Waals surface area contributed by atoms with E-state index in [4.69, 9.17) is 0 Å². The van der Waals surface area contributed by atoms with Crippen LogP contribution in [0.4, 0.5) is 0 Å². The SMILES string of the molecule is O=S(=O)(c1cnc[nH]1)N1CC(O)C(O)C1. The molecule has 15 heavy (non-hydrogen) atoms. The smallest absolute Gasteiger partial charge is 0.260 e. The van der Waals surface area contributed by atoms with Gasteiger partial charge in [0.05, 0.1) is 24.7 Å². The van der Waals surface area contributed by atoms with Gasteiger partial charge in [0.1, 0.15) is 0 Å². The van der Waals surface area contributed by atoms with Crippen LogP contribution in [0.2, 0.25) is 0 Å². The highest BCUT2D eigenvalue weighted by Crippen LogP contribution is 2.19. The summed E-state index contributed by atoms with van der Waals surface area (Å²) in [5.74, 6) is 0. The van der Waals surface area contributed by atoms with Gasteiger partial charge in [0.15, 0.2) is 5.03 Å². The summed E-state index contributed by atoms with van der Waals surface area (Å²) in [6, 6.07) is 0. The van der Waals surface area contributed by atoms with E-state index in [0.29, 0.717) is 0 Å². The van der Waals surface area contributed by atoms with Crippen molar-refractivity contribution < 1.29 is 18.6 Å². The van der Waals surface area contributed by atoms with Gasteiger partial charge in [-0.05, 0) is 0 Å². The van der Waals surface area contributed by atoms with Crippen LogP contribution < -0.4 is 0 Å². The van der Waals surface area contributed by atoms with Crippen LogP contribution in [0, 0.1) is 0 Å². The number of rotatable bonds is 2. The van der Waals surface area contributed by atoms with Crippen molar-refractivity contribution in [2.24, 2.45) is 0 Å². The lowest BCUT2D eigenvalue weighted by Gasteiger charge is -2.13. The highest BCUT2D eigenvalue weighted by Gasteiger charge is 2.38. The minimum absolute atomic E-state index is 0.0381. The Morgan fingerprint density at radius 2 is 2.00 bits per heavy atom. The molecule has 8 heteroatoms. The molecular weight excluding hydrogens is 222 g/mol. The van der Waals surface area contributed by atoms with Gasteiger partial charge in [0.25, 0.3) is 10.0 Å². The molecule has 0 radical (unpaired) electrons. The lowest BCUT2D eigenvalue weighted by molar-refractivity contribution is 0.0572. The molecule has 7 nitrogen and oxygen atoms in total. The van der Waals surface area contributed by atoms with E-state index in [-0.39, 0.29) is 18.1 Å². The standard InChI is InChI=1S/C7H11N3O4S/c11-5-2-10(3-6(5)12)15(13,14)7-1-8-4-9-7/h1,4-6,11-12H,2-3H2,(H,8,9). The fraction of sp³-hybridized carbons (Fsp3) is 0.571. The largest absolute Gasteiger partial charge is 0.389 e. The number of aliphatic hydroxyl groups excluding tert-OH is 2. The quantitative estimate of drug-likeness (QED) is 0.555. The molecule has 1 fully saturated rings. The molecule has 3 N–H and O–H groups in total. The van der Waals surface area contributed by atoms with Crippen molar-refractivity contribution in [1.82, 2.24) is 14.3 Å². The Labute approximate surface area is 86.4 Å². The first-order valence-electron chi connectivity index (χ1n) is 4.36. The fourth-order valence-corrected chi connectivity index (χ4v) is 2.83. The number of β-amino-alcohol motifs (C(OH)–C–C–N with tert-alkyl or cyclic N) is 2. The van der Waals surface area contributed by atoms with Crippen LogP contribution in [0.1, 0.15) is 0 Å². The number of imidazole rings is 1. The van der Waals surface area contributed by atoms with Gasteiger partial charge in [-0.15, -0.1) is 0 Å². The van der Waals surface area contributed by atoms with Gasteiger partial charge < -0.3 is 15.2 Å². The summed E-state index contributed by atoms with van der Waals surface area (Å²) in [5.41, 5.74) is 0. The van der Waals surface area contributed by atoms with Crippen molar-refractivity contribution >= 4 is 10.0 Å².